The van der Waals surface area contributed by atoms with Crippen LogP contribution >= 0.6 is 0 Å². The van der Waals surface area contributed by atoms with Gasteiger partial charge in [-0.2, -0.15) is 0 Å². The first-order valence-corrected chi connectivity index (χ1v) is 12.5. The van der Waals surface area contributed by atoms with Crippen LogP contribution < -0.4 is 0 Å². The molecule has 1 saturated carbocycles. The summed E-state index contributed by atoms with van der Waals surface area (Å²) in [5, 5.41) is 1.16. The van der Waals surface area contributed by atoms with Gasteiger partial charge >= 0.3 is 0 Å². The lowest BCUT2D eigenvalue weighted by molar-refractivity contribution is -0.161. The minimum atomic E-state index is -0.436. The Labute approximate surface area is 194 Å². The Balaban J connectivity index is 1.43. The third-order valence-corrected chi connectivity index (χ3v) is 7.92. The number of nitrogens with one attached hydrogen (secondary N) is 1. The first-order chi connectivity index (χ1) is 16.2. The molecule has 0 radical (unpaired) electrons. The molecule has 1 unspecified atom stereocenters. The van der Waals surface area contributed by atoms with E-state index in [0.29, 0.717) is 6.42 Å². The normalized spacial score (nSPS) is 24.4. The average Bonchev–Trinajstić information content (AvgIpc) is 3.19. The number of nitrogens with zero attached hydrogens (tertiary/aromatic N) is 2. The second kappa shape index (κ2) is 8.36. The number of amides is 2. The van der Waals surface area contributed by atoms with E-state index in [1.165, 1.54) is 24.8 Å². The molecule has 2 fully saturated rings. The summed E-state index contributed by atoms with van der Waals surface area (Å²) >= 11 is 0. The molecular weight excluding hydrogens is 410 g/mol. The van der Waals surface area contributed by atoms with Crippen molar-refractivity contribution in [3.63, 3.8) is 0 Å². The molecule has 1 N–H and O–H groups in total. The van der Waals surface area contributed by atoms with Gasteiger partial charge in [0.05, 0.1) is 6.04 Å². The lowest BCUT2D eigenvalue weighted by atomic mass is 9.85. The smallest absolute Gasteiger partial charge is 0.246 e. The molecule has 2 amide bonds. The van der Waals surface area contributed by atoms with E-state index in [0.717, 1.165) is 47.8 Å². The highest BCUT2D eigenvalue weighted by molar-refractivity contribution is 5.97. The predicted molar refractivity (Wildman–Crippen MR) is 129 cm³/mol. The van der Waals surface area contributed by atoms with Gasteiger partial charge in [-0.15, -0.1) is 0 Å². The van der Waals surface area contributed by atoms with Crippen LogP contribution in [0.5, 0.6) is 0 Å². The monoisotopic (exact) mass is 441 g/mol. The third-order valence-electron chi connectivity index (χ3n) is 7.92. The molecule has 2 aromatic carbocycles. The van der Waals surface area contributed by atoms with Crippen molar-refractivity contribution in [3.8, 4) is 0 Å². The molecule has 1 aliphatic carbocycles. The average molecular weight is 442 g/mol. The highest BCUT2D eigenvalue weighted by Crippen LogP contribution is 2.43. The lowest BCUT2D eigenvalue weighted by Crippen LogP contribution is -2.64. The number of para-hydroxylation sites is 1. The molecule has 5 nitrogen and oxygen atoms in total. The van der Waals surface area contributed by atoms with Crippen molar-refractivity contribution >= 4 is 22.7 Å². The van der Waals surface area contributed by atoms with Crippen molar-refractivity contribution in [2.45, 2.75) is 69.5 Å². The van der Waals surface area contributed by atoms with Gasteiger partial charge in [0.25, 0.3) is 0 Å². The molecule has 0 spiro atoms. The Kier molecular flexibility index (Phi) is 5.20. The van der Waals surface area contributed by atoms with Crippen molar-refractivity contribution in [1.29, 1.82) is 0 Å². The fourth-order valence-corrected chi connectivity index (χ4v) is 6.32. The van der Waals surface area contributed by atoms with Crippen molar-refractivity contribution in [1.82, 2.24) is 14.8 Å². The fourth-order valence-electron chi connectivity index (χ4n) is 6.32. The highest BCUT2D eigenvalue weighted by Gasteiger charge is 2.49. The molecule has 3 aromatic rings. The highest BCUT2D eigenvalue weighted by atomic mass is 16.2. The van der Waals surface area contributed by atoms with Gasteiger partial charge in [0.1, 0.15) is 12.6 Å². The molecule has 2 atom stereocenters. The van der Waals surface area contributed by atoms with Crippen LogP contribution in [0.25, 0.3) is 10.9 Å². The molecule has 170 valence electrons. The zero-order chi connectivity index (χ0) is 22.4. The van der Waals surface area contributed by atoms with E-state index in [1.807, 2.05) is 34.1 Å². The van der Waals surface area contributed by atoms with Crippen LogP contribution in [0.15, 0.2) is 54.6 Å². The summed E-state index contributed by atoms with van der Waals surface area (Å²) in [6.07, 6.45) is 8.67. The summed E-state index contributed by atoms with van der Waals surface area (Å²) in [5.74, 6) is 0.205. The van der Waals surface area contributed by atoms with Crippen molar-refractivity contribution < 1.29 is 9.59 Å². The number of carbonyl (C=O) groups is 2. The number of benzene rings is 2. The lowest BCUT2D eigenvalue weighted by Gasteiger charge is -2.49. The molecule has 1 aromatic heterocycles. The van der Waals surface area contributed by atoms with E-state index in [2.05, 4.69) is 35.3 Å². The van der Waals surface area contributed by atoms with E-state index < -0.39 is 6.04 Å². The summed E-state index contributed by atoms with van der Waals surface area (Å²) in [5.41, 5.74) is 4.36. The molecule has 1 saturated heterocycles. The molecule has 5 heteroatoms. The molecule has 6 rings (SSSR count). The second-order valence-electron chi connectivity index (χ2n) is 9.86. The minimum Gasteiger partial charge on any atom is -0.356 e. The number of rotatable bonds is 2. The maximum atomic E-state index is 14.0. The molecule has 33 heavy (non-hydrogen) atoms. The number of fused-ring (bicyclic) bond motifs is 4. The van der Waals surface area contributed by atoms with E-state index in [1.54, 1.807) is 0 Å². The molecule has 2 aliphatic heterocycles. The van der Waals surface area contributed by atoms with Crippen LogP contribution in [0, 0.1) is 0 Å². The van der Waals surface area contributed by atoms with E-state index in [4.69, 9.17) is 0 Å². The van der Waals surface area contributed by atoms with Crippen LogP contribution in [0.4, 0.5) is 0 Å². The van der Waals surface area contributed by atoms with Gasteiger partial charge in [-0.25, -0.2) is 0 Å². The van der Waals surface area contributed by atoms with Gasteiger partial charge in [-0.1, -0.05) is 80.6 Å². The minimum absolute atomic E-state index is 0.0693. The maximum absolute atomic E-state index is 14.0. The topological polar surface area (TPSA) is 56.4 Å². The van der Waals surface area contributed by atoms with Gasteiger partial charge in [0, 0.05) is 29.1 Å². The first kappa shape index (κ1) is 20.5. The van der Waals surface area contributed by atoms with E-state index in [-0.39, 0.29) is 30.4 Å². The van der Waals surface area contributed by atoms with Crippen LogP contribution in [-0.2, 0) is 16.0 Å². The largest absolute Gasteiger partial charge is 0.356 e. The van der Waals surface area contributed by atoms with Gasteiger partial charge in [0.2, 0.25) is 11.8 Å². The summed E-state index contributed by atoms with van der Waals surface area (Å²) in [6, 6.07) is 18.0. The van der Waals surface area contributed by atoms with E-state index >= 15 is 0 Å². The van der Waals surface area contributed by atoms with Gasteiger partial charge in [-0.05, 0) is 30.0 Å². The third kappa shape index (κ3) is 3.45. The van der Waals surface area contributed by atoms with Gasteiger partial charge in [-0.3, -0.25) is 9.59 Å². The fraction of sp³-hybridized carbons (Fsp3) is 0.429. The molecule has 3 aliphatic rings. The zero-order valence-corrected chi connectivity index (χ0v) is 19.0. The van der Waals surface area contributed by atoms with Gasteiger partial charge in [0.15, 0.2) is 0 Å². The van der Waals surface area contributed by atoms with Crippen LogP contribution in [0.3, 0.4) is 0 Å². The Morgan fingerprint density at radius 1 is 0.818 bits per heavy atom. The molecular formula is C28H31N3O2. The standard InChI is InChI=1S/C28H31N3O2/c32-25-18-30(20-13-7-2-1-3-8-14-20)28(33)24-17-22-21-15-9-10-16-23(21)29-26(22)27(31(24)25)19-11-5-4-6-12-19/h4-6,9-12,15-16,20,24,27,29H,1-3,7-8,13-14,17-18H2/t24-,27?/m0/s1. The van der Waals surface area contributed by atoms with Crippen molar-refractivity contribution in [2.24, 2.45) is 0 Å². The predicted octanol–water partition coefficient (Wildman–Crippen LogP) is 4.97. The number of H-pyrrole nitrogens is 1. The summed E-state index contributed by atoms with van der Waals surface area (Å²) in [6.45, 7) is 0.207. The number of aromatic nitrogens is 1. The SMILES string of the molecule is O=C1[C@@H]2Cc3c([nH]c4ccccc34)C(c3ccccc3)N2C(=O)CN1C1CCCCCCC1. The first-order valence-electron chi connectivity index (χ1n) is 12.5. The quantitative estimate of drug-likeness (QED) is 0.611. The summed E-state index contributed by atoms with van der Waals surface area (Å²) in [4.78, 5) is 35.1. The molecule has 3 heterocycles. The number of aromatic amines is 1. The second-order valence-corrected chi connectivity index (χ2v) is 9.86. The number of hydrogen-bond donors (Lipinski definition) is 1. The van der Waals surface area contributed by atoms with Crippen LogP contribution in [0.1, 0.15) is 67.8 Å². The summed E-state index contributed by atoms with van der Waals surface area (Å²) in [7, 11) is 0. The number of hydrogen-bond acceptors (Lipinski definition) is 2. The number of piperazine rings is 1. The van der Waals surface area contributed by atoms with Crippen molar-refractivity contribution in [3.05, 3.63) is 71.4 Å². The summed E-state index contributed by atoms with van der Waals surface area (Å²) < 4.78 is 0. The van der Waals surface area contributed by atoms with E-state index in [9.17, 15) is 9.59 Å². The Bertz CT molecular complexity index is 1180. The van der Waals surface area contributed by atoms with Crippen molar-refractivity contribution in [2.75, 3.05) is 6.54 Å². The van der Waals surface area contributed by atoms with Crippen LogP contribution in [-0.4, -0.2) is 45.2 Å². The number of carbonyl (C=O) groups excluding carboxylic acids is 2. The zero-order valence-electron chi connectivity index (χ0n) is 19.0. The van der Waals surface area contributed by atoms with Crippen LogP contribution in [0.2, 0.25) is 0 Å². The Morgan fingerprint density at radius 3 is 2.30 bits per heavy atom. The van der Waals surface area contributed by atoms with Gasteiger partial charge < -0.3 is 14.8 Å². The molecule has 0 bridgehead atoms. The maximum Gasteiger partial charge on any atom is 0.246 e. The Morgan fingerprint density at radius 2 is 1.52 bits per heavy atom. The Hall–Kier alpha value is -3.08.